The van der Waals surface area contributed by atoms with E-state index in [0.717, 1.165) is 57.4 Å². The van der Waals surface area contributed by atoms with Gasteiger partial charge in [0.2, 0.25) is 0 Å². The van der Waals surface area contributed by atoms with Gasteiger partial charge in [0.25, 0.3) is 0 Å². The van der Waals surface area contributed by atoms with E-state index in [-0.39, 0.29) is 24.0 Å². The van der Waals surface area contributed by atoms with Crippen molar-refractivity contribution in [1.82, 2.24) is 0 Å². The summed E-state index contributed by atoms with van der Waals surface area (Å²) >= 11 is 0. The summed E-state index contributed by atoms with van der Waals surface area (Å²) < 4.78 is 0. The van der Waals surface area contributed by atoms with Gasteiger partial charge in [0.1, 0.15) is 28.4 Å². The Hall–Kier alpha value is -2.04. The zero-order valence-corrected chi connectivity index (χ0v) is 18.1. The molecule has 29 heavy (non-hydrogen) atoms. The Morgan fingerprint density at radius 1 is 0.621 bits per heavy atom. The first-order valence-corrected chi connectivity index (χ1v) is 11.3. The van der Waals surface area contributed by atoms with Gasteiger partial charge in [-0.2, -0.15) is 0 Å². The van der Waals surface area contributed by atoms with Gasteiger partial charge in [-0.15, -0.1) is 0 Å². The number of unbranched alkanes of at least 4 members (excludes halogenated alkanes) is 10. The summed E-state index contributed by atoms with van der Waals surface area (Å²) in [5.41, 5.74) is -0.495. The predicted molar refractivity (Wildman–Crippen MR) is 116 cm³/mol. The van der Waals surface area contributed by atoms with Crippen LogP contribution < -0.4 is 0 Å². The van der Waals surface area contributed by atoms with Gasteiger partial charge in [-0.05, 0) is 12.8 Å². The molecule has 3 N–H and O–H groups in total. The van der Waals surface area contributed by atoms with Crippen LogP contribution in [0.25, 0.3) is 0 Å². The van der Waals surface area contributed by atoms with Gasteiger partial charge in [-0.25, -0.2) is 0 Å². The van der Waals surface area contributed by atoms with Gasteiger partial charge in [0.15, 0.2) is 11.6 Å². The molecule has 1 aromatic carbocycles. The van der Waals surface area contributed by atoms with Crippen LogP contribution in [0.2, 0.25) is 0 Å². The van der Waals surface area contributed by atoms with Crippen molar-refractivity contribution < 1.29 is 24.9 Å². The van der Waals surface area contributed by atoms with Gasteiger partial charge >= 0.3 is 0 Å². The number of rotatable bonds is 16. The lowest BCUT2D eigenvalue weighted by Gasteiger charge is -2.12. The fourth-order valence-electron chi connectivity index (χ4n) is 3.57. The first-order valence-electron chi connectivity index (χ1n) is 11.3. The first kappa shape index (κ1) is 25.0. The van der Waals surface area contributed by atoms with Crippen LogP contribution in [0.4, 0.5) is 0 Å². The van der Waals surface area contributed by atoms with E-state index < -0.39 is 28.8 Å². The molecule has 0 aliphatic heterocycles. The molecule has 0 unspecified atom stereocenters. The number of hydrogen-bond donors (Lipinski definition) is 3. The lowest BCUT2D eigenvalue weighted by Crippen LogP contribution is -2.06. The molecule has 5 nitrogen and oxygen atoms in total. The van der Waals surface area contributed by atoms with E-state index >= 15 is 0 Å². The monoisotopic (exact) mass is 406 g/mol. The van der Waals surface area contributed by atoms with E-state index in [2.05, 4.69) is 13.8 Å². The second-order valence-electron chi connectivity index (χ2n) is 7.90. The number of ketones is 2. The maximum absolute atomic E-state index is 12.5. The average molecular weight is 407 g/mol. The fourth-order valence-corrected chi connectivity index (χ4v) is 3.57. The zero-order chi connectivity index (χ0) is 21.6. The fraction of sp³-hybridized carbons (Fsp3) is 0.667. The topological polar surface area (TPSA) is 94.8 Å². The lowest BCUT2D eigenvalue weighted by molar-refractivity contribution is 0.0971. The van der Waals surface area contributed by atoms with E-state index in [1.165, 1.54) is 12.8 Å². The number of Topliss-reactive ketones (excluding diaryl/α,β-unsaturated/α-hetero) is 2. The molecular weight excluding hydrogens is 368 g/mol. The lowest BCUT2D eigenvalue weighted by atomic mass is 9.95. The highest BCUT2D eigenvalue weighted by Crippen LogP contribution is 2.39. The molecule has 0 spiro atoms. The highest BCUT2D eigenvalue weighted by atomic mass is 16.3. The molecule has 0 bridgehead atoms. The van der Waals surface area contributed by atoms with Crippen LogP contribution in [0.5, 0.6) is 17.2 Å². The van der Waals surface area contributed by atoms with E-state index in [1.54, 1.807) is 0 Å². The third-order valence-corrected chi connectivity index (χ3v) is 5.33. The van der Waals surface area contributed by atoms with Crippen molar-refractivity contribution in [2.45, 2.75) is 104 Å². The Morgan fingerprint density at radius 3 is 1.34 bits per heavy atom. The van der Waals surface area contributed by atoms with Crippen LogP contribution in [-0.4, -0.2) is 26.9 Å². The van der Waals surface area contributed by atoms with Crippen molar-refractivity contribution >= 4 is 11.6 Å². The van der Waals surface area contributed by atoms with Crippen LogP contribution in [0, 0.1) is 0 Å². The van der Waals surface area contributed by atoms with E-state index in [4.69, 9.17) is 0 Å². The van der Waals surface area contributed by atoms with Crippen LogP contribution in [-0.2, 0) is 0 Å². The Kier molecular flexibility index (Phi) is 12.1. The summed E-state index contributed by atoms with van der Waals surface area (Å²) in [6, 6.07) is 0.989. The summed E-state index contributed by atoms with van der Waals surface area (Å²) in [5.74, 6) is -2.35. The Balaban J connectivity index is 2.71. The van der Waals surface area contributed by atoms with Gasteiger partial charge in [0, 0.05) is 18.9 Å². The molecule has 164 valence electrons. The minimum absolute atomic E-state index is 0.197. The quantitative estimate of drug-likeness (QED) is 0.210. The second kappa shape index (κ2) is 14.0. The van der Waals surface area contributed by atoms with E-state index in [1.807, 2.05) is 0 Å². The third-order valence-electron chi connectivity index (χ3n) is 5.33. The molecular formula is C24H38O5. The zero-order valence-electron chi connectivity index (χ0n) is 18.1. The largest absolute Gasteiger partial charge is 0.507 e. The number of aromatic hydroxyl groups is 3. The molecule has 0 radical (unpaired) electrons. The Morgan fingerprint density at radius 2 is 0.966 bits per heavy atom. The molecule has 1 rings (SSSR count). The summed E-state index contributed by atoms with van der Waals surface area (Å²) in [6.07, 6.45) is 12.6. The van der Waals surface area contributed by atoms with Gasteiger partial charge in [-0.3, -0.25) is 9.59 Å². The molecule has 1 aromatic rings. The van der Waals surface area contributed by atoms with Crippen LogP contribution in [0.1, 0.15) is 124 Å². The smallest absolute Gasteiger partial charge is 0.170 e. The number of benzene rings is 1. The first-order chi connectivity index (χ1) is 13.9. The number of phenolic OH excluding ortho intramolecular Hbond substituents is 3. The molecule has 0 fully saturated rings. The van der Waals surface area contributed by atoms with Crippen molar-refractivity contribution in [3.63, 3.8) is 0 Å². The minimum Gasteiger partial charge on any atom is -0.507 e. The molecule has 0 aliphatic carbocycles. The standard InChI is InChI=1S/C24H38O5/c1-3-5-7-9-11-13-15-18(25)22-20(27)17-21(28)23(24(22)29)19(26)16-14-12-10-8-6-4-2/h17,27-29H,3-16H2,1-2H3. The van der Waals surface area contributed by atoms with E-state index in [9.17, 15) is 24.9 Å². The molecule has 0 amide bonds. The third kappa shape index (κ3) is 8.46. The number of carbonyl (C=O) groups is 2. The van der Waals surface area contributed by atoms with Crippen molar-refractivity contribution in [1.29, 1.82) is 0 Å². The maximum Gasteiger partial charge on any atom is 0.170 e. The number of carbonyl (C=O) groups excluding carboxylic acids is 2. The summed E-state index contributed by atoms with van der Waals surface area (Å²) in [5, 5.41) is 30.6. The van der Waals surface area contributed by atoms with Crippen molar-refractivity contribution in [3.05, 3.63) is 17.2 Å². The number of phenols is 3. The SMILES string of the molecule is CCCCCCCCC(=O)c1c(O)cc(O)c(C(=O)CCCCCCCC)c1O. The van der Waals surface area contributed by atoms with Crippen molar-refractivity contribution in [2.24, 2.45) is 0 Å². The molecule has 5 heteroatoms. The van der Waals surface area contributed by atoms with Crippen molar-refractivity contribution in [3.8, 4) is 17.2 Å². The molecule has 0 saturated heterocycles. The van der Waals surface area contributed by atoms with Gasteiger partial charge in [-0.1, -0.05) is 78.1 Å². The second-order valence-corrected chi connectivity index (χ2v) is 7.90. The highest BCUT2D eigenvalue weighted by molar-refractivity contribution is 6.08. The average Bonchev–Trinajstić information content (AvgIpc) is 2.66. The van der Waals surface area contributed by atoms with Crippen LogP contribution in [0.15, 0.2) is 6.07 Å². The maximum atomic E-state index is 12.5. The molecule has 0 heterocycles. The van der Waals surface area contributed by atoms with Gasteiger partial charge < -0.3 is 15.3 Å². The molecule has 0 saturated carbocycles. The molecule has 0 aromatic heterocycles. The molecule has 0 atom stereocenters. The molecule has 0 aliphatic rings. The highest BCUT2D eigenvalue weighted by Gasteiger charge is 2.25. The Bertz CT molecular complexity index is 599. The van der Waals surface area contributed by atoms with E-state index in [0.29, 0.717) is 12.8 Å². The predicted octanol–water partition coefficient (Wildman–Crippen LogP) is 6.67. The normalized spacial score (nSPS) is 11.0. The van der Waals surface area contributed by atoms with Crippen LogP contribution >= 0.6 is 0 Å². The summed E-state index contributed by atoms with van der Waals surface area (Å²) in [6.45, 7) is 4.29. The van der Waals surface area contributed by atoms with Crippen LogP contribution in [0.3, 0.4) is 0 Å². The summed E-state index contributed by atoms with van der Waals surface area (Å²) in [4.78, 5) is 25.0. The minimum atomic E-state index is -0.588. The summed E-state index contributed by atoms with van der Waals surface area (Å²) in [7, 11) is 0. The van der Waals surface area contributed by atoms with Gasteiger partial charge in [0.05, 0.1) is 0 Å². The number of hydrogen-bond acceptors (Lipinski definition) is 5. The Labute approximate surface area is 175 Å². The van der Waals surface area contributed by atoms with Crippen molar-refractivity contribution in [2.75, 3.05) is 0 Å².